The summed E-state index contributed by atoms with van der Waals surface area (Å²) >= 11 is 1.38. The number of aryl methyl sites for hydroxylation is 2. The second-order valence-corrected chi connectivity index (χ2v) is 6.13. The molecule has 0 aliphatic heterocycles. The lowest BCUT2D eigenvalue weighted by Gasteiger charge is -2.34. The molecule has 2 rings (SSSR count). The summed E-state index contributed by atoms with van der Waals surface area (Å²) in [5.41, 5.74) is 0.744. The average molecular weight is 284 g/mol. The zero-order chi connectivity index (χ0) is 14.0. The molecular formula is C13H20N2O3S. The second-order valence-electron chi connectivity index (χ2n) is 4.92. The molecule has 19 heavy (non-hydrogen) atoms. The Kier molecular flexibility index (Phi) is 4.54. The third kappa shape index (κ3) is 3.13. The second kappa shape index (κ2) is 5.98. The lowest BCUT2D eigenvalue weighted by molar-refractivity contribution is -0.0513. The van der Waals surface area contributed by atoms with Gasteiger partial charge in [-0.05, 0) is 33.1 Å². The lowest BCUT2D eigenvalue weighted by atomic mass is 9.90. The number of ether oxygens (including phenoxy) is 1. The molecule has 0 radical (unpaired) electrons. The van der Waals surface area contributed by atoms with Crippen LogP contribution in [0.15, 0.2) is 0 Å². The largest absolute Gasteiger partial charge is 0.388 e. The fourth-order valence-corrected chi connectivity index (χ4v) is 3.35. The molecule has 0 unspecified atom stereocenters. The number of nitrogens with zero attached hydrogens (tertiary/aromatic N) is 1. The molecule has 1 aliphatic rings. The van der Waals surface area contributed by atoms with E-state index in [-0.39, 0.29) is 18.1 Å². The summed E-state index contributed by atoms with van der Waals surface area (Å²) in [6, 6.07) is -0.243. The molecule has 106 valence electrons. The molecule has 1 aromatic rings. The molecule has 1 amide bonds. The summed E-state index contributed by atoms with van der Waals surface area (Å²) < 4.78 is 5.24. The quantitative estimate of drug-likeness (QED) is 0.880. The van der Waals surface area contributed by atoms with Crippen LogP contribution in [-0.2, 0) is 4.74 Å². The Labute approximate surface area is 117 Å². The van der Waals surface area contributed by atoms with Crippen LogP contribution >= 0.6 is 11.3 Å². The summed E-state index contributed by atoms with van der Waals surface area (Å²) in [6.07, 6.45) is 1.73. The number of thiazole rings is 1. The van der Waals surface area contributed by atoms with Crippen molar-refractivity contribution in [2.75, 3.05) is 7.11 Å². The molecule has 0 spiro atoms. The van der Waals surface area contributed by atoms with Crippen LogP contribution in [0, 0.1) is 13.8 Å². The number of carbonyl (C=O) groups is 1. The van der Waals surface area contributed by atoms with Gasteiger partial charge < -0.3 is 15.2 Å². The van der Waals surface area contributed by atoms with Gasteiger partial charge >= 0.3 is 0 Å². The molecule has 6 heteroatoms. The van der Waals surface area contributed by atoms with Crippen molar-refractivity contribution in [1.29, 1.82) is 0 Å². The van der Waals surface area contributed by atoms with Crippen LogP contribution < -0.4 is 5.32 Å². The van der Waals surface area contributed by atoms with Crippen molar-refractivity contribution in [3.05, 3.63) is 15.6 Å². The Hall–Kier alpha value is -0.980. The number of rotatable bonds is 3. The van der Waals surface area contributed by atoms with Crippen LogP contribution in [0.25, 0.3) is 0 Å². The molecule has 0 aromatic carbocycles. The van der Waals surface area contributed by atoms with Gasteiger partial charge in [0.05, 0.1) is 22.8 Å². The van der Waals surface area contributed by atoms with Gasteiger partial charge in [-0.3, -0.25) is 4.79 Å². The first-order chi connectivity index (χ1) is 9.02. The number of nitrogens with one attached hydrogen (secondary N) is 1. The molecule has 0 bridgehead atoms. The zero-order valence-electron chi connectivity index (χ0n) is 11.5. The molecule has 2 N–H and O–H groups in total. The summed E-state index contributed by atoms with van der Waals surface area (Å²) in [5, 5.41) is 13.9. The maximum Gasteiger partial charge on any atom is 0.263 e. The van der Waals surface area contributed by atoms with Crippen molar-refractivity contribution in [2.45, 2.75) is 51.4 Å². The SMILES string of the molecule is CO[C@@H]1CCC[C@@H](NC(=O)c2sc(C)nc2C)[C@H]1O. The van der Waals surface area contributed by atoms with Crippen molar-refractivity contribution in [3.63, 3.8) is 0 Å². The Morgan fingerprint density at radius 1 is 1.47 bits per heavy atom. The number of aliphatic hydroxyl groups excluding tert-OH is 1. The van der Waals surface area contributed by atoms with Gasteiger partial charge in [0.2, 0.25) is 0 Å². The van der Waals surface area contributed by atoms with Crippen molar-refractivity contribution < 1.29 is 14.6 Å². The van der Waals surface area contributed by atoms with Crippen LogP contribution in [0.1, 0.15) is 39.6 Å². The van der Waals surface area contributed by atoms with Crippen LogP contribution in [-0.4, -0.2) is 41.4 Å². The Morgan fingerprint density at radius 3 is 2.79 bits per heavy atom. The maximum atomic E-state index is 12.2. The highest BCUT2D eigenvalue weighted by Gasteiger charge is 2.33. The minimum Gasteiger partial charge on any atom is -0.388 e. The number of hydrogen-bond donors (Lipinski definition) is 2. The van der Waals surface area contributed by atoms with Crippen LogP contribution in [0.5, 0.6) is 0 Å². The Morgan fingerprint density at radius 2 is 2.21 bits per heavy atom. The predicted octanol–water partition coefficient (Wildman–Crippen LogP) is 1.42. The molecule has 3 atom stereocenters. The van der Waals surface area contributed by atoms with Gasteiger partial charge in [-0.1, -0.05) is 0 Å². The van der Waals surface area contributed by atoms with Crippen LogP contribution in [0.3, 0.4) is 0 Å². The predicted molar refractivity (Wildman–Crippen MR) is 73.5 cm³/mol. The van der Waals surface area contributed by atoms with Gasteiger partial charge in [0.15, 0.2) is 0 Å². The summed E-state index contributed by atoms with van der Waals surface area (Å²) in [7, 11) is 1.59. The summed E-state index contributed by atoms with van der Waals surface area (Å²) in [4.78, 5) is 17.1. The van der Waals surface area contributed by atoms with Gasteiger partial charge in [0.25, 0.3) is 5.91 Å². The van der Waals surface area contributed by atoms with Crippen LogP contribution in [0.2, 0.25) is 0 Å². The van der Waals surface area contributed by atoms with E-state index in [1.807, 2.05) is 13.8 Å². The van der Waals surface area contributed by atoms with E-state index in [4.69, 9.17) is 4.74 Å². The van der Waals surface area contributed by atoms with E-state index in [1.54, 1.807) is 7.11 Å². The fourth-order valence-electron chi connectivity index (χ4n) is 2.53. The van der Waals surface area contributed by atoms with Gasteiger partial charge in [0.1, 0.15) is 11.0 Å². The molecule has 1 heterocycles. The van der Waals surface area contributed by atoms with E-state index in [9.17, 15) is 9.90 Å². The minimum atomic E-state index is -0.642. The third-order valence-corrected chi connectivity index (χ3v) is 4.60. The number of aliphatic hydroxyl groups is 1. The van der Waals surface area contributed by atoms with Crippen molar-refractivity contribution in [2.24, 2.45) is 0 Å². The van der Waals surface area contributed by atoms with E-state index >= 15 is 0 Å². The van der Waals surface area contributed by atoms with E-state index < -0.39 is 6.10 Å². The number of carbonyl (C=O) groups excluding carboxylic acids is 1. The minimum absolute atomic E-state index is 0.149. The molecule has 0 saturated heterocycles. The summed E-state index contributed by atoms with van der Waals surface area (Å²) in [5.74, 6) is -0.149. The molecule has 1 saturated carbocycles. The van der Waals surface area contributed by atoms with Gasteiger partial charge in [-0.15, -0.1) is 11.3 Å². The molecule has 5 nitrogen and oxygen atoms in total. The summed E-state index contributed by atoms with van der Waals surface area (Å²) in [6.45, 7) is 3.71. The van der Waals surface area contributed by atoms with Gasteiger partial charge in [-0.2, -0.15) is 0 Å². The average Bonchev–Trinajstić information content (AvgIpc) is 2.71. The molecular weight excluding hydrogens is 264 g/mol. The Bertz CT molecular complexity index is 461. The number of amides is 1. The van der Waals surface area contributed by atoms with E-state index in [0.29, 0.717) is 4.88 Å². The van der Waals surface area contributed by atoms with E-state index in [0.717, 1.165) is 30.0 Å². The number of aromatic nitrogens is 1. The molecule has 1 fully saturated rings. The molecule has 1 aliphatic carbocycles. The van der Waals surface area contributed by atoms with Crippen molar-refractivity contribution in [1.82, 2.24) is 10.3 Å². The first kappa shape index (κ1) is 14.4. The Balaban J connectivity index is 2.04. The van der Waals surface area contributed by atoms with E-state index in [1.165, 1.54) is 11.3 Å². The topological polar surface area (TPSA) is 71.5 Å². The smallest absolute Gasteiger partial charge is 0.263 e. The van der Waals surface area contributed by atoms with Gasteiger partial charge in [-0.25, -0.2) is 4.98 Å². The number of hydrogen-bond acceptors (Lipinski definition) is 5. The van der Waals surface area contributed by atoms with Gasteiger partial charge in [0, 0.05) is 7.11 Å². The maximum absolute atomic E-state index is 12.2. The fraction of sp³-hybridized carbons (Fsp3) is 0.692. The highest BCUT2D eigenvalue weighted by molar-refractivity contribution is 7.13. The highest BCUT2D eigenvalue weighted by Crippen LogP contribution is 2.23. The third-order valence-electron chi connectivity index (χ3n) is 3.53. The zero-order valence-corrected chi connectivity index (χ0v) is 12.3. The first-order valence-electron chi connectivity index (χ1n) is 6.48. The standard InChI is InChI=1S/C13H20N2O3S/c1-7-12(19-8(2)14-7)13(17)15-9-5-4-6-10(18-3)11(9)16/h9-11,16H,4-6H2,1-3H3,(H,15,17)/t9-,10-,11-/m1/s1. The number of methoxy groups -OCH3 is 1. The van der Waals surface area contributed by atoms with Crippen molar-refractivity contribution >= 4 is 17.2 Å². The van der Waals surface area contributed by atoms with Crippen molar-refractivity contribution in [3.8, 4) is 0 Å². The monoisotopic (exact) mass is 284 g/mol. The highest BCUT2D eigenvalue weighted by atomic mass is 32.1. The normalized spacial score (nSPS) is 27.3. The van der Waals surface area contributed by atoms with E-state index in [2.05, 4.69) is 10.3 Å². The molecule has 1 aromatic heterocycles. The lowest BCUT2D eigenvalue weighted by Crippen LogP contribution is -2.51. The first-order valence-corrected chi connectivity index (χ1v) is 7.30. The van der Waals surface area contributed by atoms with Crippen LogP contribution in [0.4, 0.5) is 0 Å².